The Bertz CT molecular complexity index is 668. The molecule has 0 aliphatic carbocycles. The second kappa shape index (κ2) is 15.0. The molecule has 0 spiro atoms. The highest BCUT2D eigenvalue weighted by Crippen LogP contribution is 2.23. The van der Waals surface area contributed by atoms with Crippen molar-refractivity contribution < 1.29 is 0 Å². The summed E-state index contributed by atoms with van der Waals surface area (Å²) in [7, 11) is 0. The van der Waals surface area contributed by atoms with E-state index in [4.69, 9.17) is 11.5 Å². The highest BCUT2D eigenvalue weighted by Gasteiger charge is 2.33. The van der Waals surface area contributed by atoms with Crippen molar-refractivity contribution in [3.63, 3.8) is 0 Å². The first kappa shape index (κ1) is 25.6. The molecule has 6 heteroatoms. The molecule has 0 saturated carbocycles. The van der Waals surface area contributed by atoms with E-state index in [9.17, 15) is 0 Å². The van der Waals surface area contributed by atoms with Crippen LogP contribution in [0.1, 0.15) is 11.1 Å². The summed E-state index contributed by atoms with van der Waals surface area (Å²) >= 11 is 3.97. The maximum atomic E-state index is 5.72. The molecule has 1 fully saturated rings. The summed E-state index contributed by atoms with van der Waals surface area (Å²) in [5.41, 5.74) is 14.3. The summed E-state index contributed by atoms with van der Waals surface area (Å²) in [5.74, 6) is 4.42. The fourth-order valence-electron chi connectivity index (χ4n) is 4.51. The average molecular weight is 473 g/mol. The summed E-state index contributed by atoms with van der Waals surface area (Å²) in [6.45, 7) is 6.09. The molecule has 3 rings (SSSR count). The fourth-order valence-corrected chi connectivity index (χ4v) is 5.98. The second-order valence-electron chi connectivity index (χ2n) is 8.48. The Hall–Kier alpha value is -1.02. The van der Waals surface area contributed by atoms with Crippen molar-refractivity contribution in [2.24, 2.45) is 11.5 Å². The normalized spacial score (nSPS) is 19.9. The quantitative estimate of drug-likeness (QED) is 0.412. The minimum absolute atomic E-state index is 0.558. The Morgan fingerprint density at radius 3 is 1.41 bits per heavy atom. The number of hydrogen-bond acceptors (Lipinski definition) is 6. The van der Waals surface area contributed by atoms with Gasteiger partial charge in [0.25, 0.3) is 0 Å². The summed E-state index contributed by atoms with van der Waals surface area (Å²) in [6, 6.07) is 23.1. The van der Waals surface area contributed by atoms with E-state index in [1.165, 1.54) is 11.1 Å². The van der Waals surface area contributed by atoms with Gasteiger partial charge in [0.1, 0.15) is 0 Å². The van der Waals surface area contributed by atoms with Crippen LogP contribution in [0.15, 0.2) is 60.7 Å². The number of thioether (sulfide) groups is 2. The summed E-state index contributed by atoms with van der Waals surface area (Å²) < 4.78 is 0. The van der Waals surface area contributed by atoms with Crippen LogP contribution < -0.4 is 11.5 Å². The third kappa shape index (κ3) is 8.73. The van der Waals surface area contributed by atoms with Crippen LogP contribution in [0.3, 0.4) is 0 Å². The van der Waals surface area contributed by atoms with E-state index in [1.54, 1.807) is 0 Å². The zero-order valence-corrected chi connectivity index (χ0v) is 20.9. The van der Waals surface area contributed by atoms with Gasteiger partial charge in [-0.2, -0.15) is 23.5 Å². The lowest BCUT2D eigenvalue weighted by Gasteiger charge is -2.47. The van der Waals surface area contributed by atoms with E-state index < -0.39 is 0 Å². The van der Waals surface area contributed by atoms with E-state index in [0.717, 1.165) is 75.1 Å². The standard InChI is InChI=1S/C26H40N4S2/c27-11-15-31-17-13-29-22-26(20-24-9-5-2-6-10-24)30(14-18-32-16-12-28)21-25(29)19-23-7-3-1-4-8-23/h1-10,25-26H,11-22,27-28H2. The van der Waals surface area contributed by atoms with Crippen molar-refractivity contribution in [1.29, 1.82) is 0 Å². The van der Waals surface area contributed by atoms with Gasteiger partial charge in [-0.3, -0.25) is 9.80 Å². The van der Waals surface area contributed by atoms with Crippen molar-refractivity contribution >= 4 is 23.5 Å². The van der Waals surface area contributed by atoms with Crippen LogP contribution in [-0.2, 0) is 12.8 Å². The van der Waals surface area contributed by atoms with Crippen LogP contribution in [0.4, 0.5) is 0 Å². The predicted molar refractivity (Wildman–Crippen MR) is 144 cm³/mol. The van der Waals surface area contributed by atoms with Crippen molar-refractivity contribution in [2.45, 2.75) is 24.9 Å². The van der Waals surface area contributed by atoms with E-state index in [0.29, 0.717) is 12.1 Å². The van der Waals surface area contributed by atoms with Gasteiger partial charge in [0.15, 0.2) is 0 Å². The molecule has 2 aromatic carbocycles. The topological polar surface area (TPSA) is 58.5 Å². The van der Waals surface area contributed by atoms with Gasteiger partial charge in [0, 0.05) is 74.4 Å². The Morgan fingerprint density at radius 1 is 0.625 bits per heavy atom. The fraction of sp³-hybridized carbons (Fsp3) is 0.538. The average Bonchev–Trinajstić information content (AvgIpc) is 2.83. The zero-order valence-electron chi connectivity index (χ0n) is 19.3. The smallest absolute Gasteiger partial charge is 0.0264 e. The molecule has 1 aliphatic rings. The van der Waals surface area contributed by atoms with Crippen LogP contribution in [0.2, 0.25) is 0 Å². The first-order valence-electron chi connectivity index (χ1n) is 11.9. The third-order valence-electron chi connectivity index (χ3n) is 6.12. The molecule has 2 atom stereocenters. The van der Waals surface area contributed by atoms with Gasteiger partial charge in [-0.1, -0.05) is 60.7 Å². The van der Waals surface area contributed by atoms with Crippen LogP contribution in [0, 0.1) is 0 Å². The molecule has 176 valence electrons. The Kier molecular flexibility index (Phi) is 12.0. The van der Waals surface area contributed by atoms with E-state index in [1.807, 2.05) is 23.5 Å². The molecule has 0 aromatic heterocycles. The van der Waals surface area contributed by atoms with Crippen molar-refractivity contribution in [3.05, 3.63) is 71.8 Å². The molecule has 1 aliphatic heterocycles. The molecule has 1 heterocycles. The van der Waals surface area contributed by atoms with Crippen LogP contribution in [0.5, 0.6) is 0 Å². The lowest BCUT2D eigenvalue weighted by atomic mass is 9.96. The summed E-state index contributed by atoms with van der Waals surface area (Å²) in [4.78, 5) is 5.52. The van der Waals surface area contributed by atoms with E-state index >= 15 is 0 Å². The molecule has 1 saturated heterocycles. The summed E-state index contributed by atoms with van der Waals surface area (Å²) in [5, 5.41) is 0. The molecule has 2 unspecified atom stereocenters. The number of nitrogens with two attached hydrogens (primary N) is 2. The Morgan fingerprint density at radius 2 is 1.03 bits per heavy atom. The van der Waals surface area contributed by atoms with Crippen LogP contribution in [-0.4, -0.2) is 84.2 Å². The van der Waals surface area contributed by atoms with Gasteiger partial charge in [-0.25, -0.2) is 0 Å². The van der Waals surface area contributed by atoms with Gasteiger partial charge in [-0.05, 0) is 24.0 Å². The number of nitrogens with zero attached hydrogens (tertiary/aromatic N) is 2. The number of rotatable bonds is 14. The zero-order chi connectivity index (χ0) is 22.4. The highest BCUT2D eigenvalue weighted by molar-refractivity contribution is 7.99. The molecular formula is C26H40N4S2. The molecule has 4 N–H and O–H groups in total. The minimum atomic E-state index is 0.558. The molecule has 2 aromatic rings. The van der Waals surface area contributed by atoms with Crippen LogP contribution >= 0.6 is 23.5 Å². The van der Waals surface area contributed by atoms with E-state index in [2.05, 4.69) is 70.5 Å². The molecule has 0 amide bonds. The van der Waals surface area contributed by atoms with Gasteiger partial charge in [0.05, 0.1) is 0 Å². The summed E-state index contributed by atoms with van der Waals surface area (Å²) in [6.07, 6.45) is 2.24. The lowest BCUT2D eigenvalue weighted by Crippen LogP contribution is -2.60. The number of piperazine rings is 1. The van der Waals surface area contributed by atoms with Gasteiger partial charge in [0.2, 0.25) is 0 Å². The first-order chi connectivity index (χ1) is 15.8. The number of hydrogen-bond donors (Lipinski definition) is 2. The van der Waals surface area contributed by atoms with Gasteiger partial charge >= 0.3 is 0 Å². The predicted octanol–water partition coefficient (Wildman–Crippen LogP) is 3.21. The third-order valence-corrected chi connectivity index (χ3v) is 8.11. The lowest BCUT2D eigenvalue weighted by molar-refractivity contribution is 0.0361. The Balaban J connectivity index is 1.71. The van der Waals surface area contributed by atoms with Crippen molar-refractivity contribution in [3.8, 4) is 0 Å². The minimum Gasteiger partial charge on any atom is -0.330 e. The molecule has 4 nitrogen and oxygen atoms in total. The molecule has 32 heavy (non-hydrogen) atoms. The van der Waals surface area contributed by atoms with E-state index in [-0.39, 0.29) is 0 Å². The highest BCUT2D eigenvalue weighted by atomic mass is 32.2. The Labute approximate surface area is 203 Å². The van der Waals surface area contributed by atoms with Crippen LogP contribution in [0.25, 0.3) is 0 Å². The van der Waals surface area contributed by atoms with Gasteiger partial charge < -0.3 is 11.5 Å². The molecule has 0 radical (unpaired) electrons. The SMILES string of the molecule is NCCSCCN1CC(Cc2ccccc2)N(CCSCCN)CC1Cc1ccccc1. The molecule has 0 bridgehead atoms. The van der Waals surface area contributed by atoms with Crippen molar-refractivity contribution in [2.75, 3.05) is 62.3 Å². The first-order valence-corrected chi connectivity index (χ1v) is 14.2. The second-order valence-corrected chi connectivity index (χ2v) is 10.9. The largest absolute Gasteiger partial charge is 0.330 e. The van der Waals surface area contributed by atoms with Crippen molar-refractivity contribution in [1.82, 2.24) is 9.80 Å². The maximum absolute atomic E-state index is 5.72. The maximum Gasteiger partial charge on any atom is 0.0264 e. The monoisotopic (exact) mass is 472 g/mol. The van der Waals surface area contributed by atoms with Gasteiger partial charge in [-0.15, -0.1) is 0 Å². The molecular weight excluding hydrogens is 432 g/mol. The number of benzene rings is 2.